The second-order valence-electron chi connectivity index (χ2n) is 3.75. The molecular weight excluding hydrogens is 343 g/mol. The Morgan fingerprint density at radius 1 is 1.24 bits per heavy atom. The predicted octanol–water partition coefficient (Wildman–Crippen LogP) is 4.16. The molecule has 0 saturated heterocycles. The van der Waals surface area contributed by atoms with Crippen molar-refractivity contribution >= 4 is 41.2 Å². The molecule has 4 nitrogen and oxygen atoms in total. The van der Waals surface area contributed by atoms with Crippen LogP contribution >= 0.6 is 35.0 Å². The Morgan fingerprint density at radius 3 is 2.52 bits per heavy atom. The van der Waals surface area contributed by atoms with E-state index >= 15 is 0 Å². The quantitative estimate of drug-likeness (QED) is 0.225. The Hall–Kier alpha value is -1.44. The van der Waals surface area contributed by atoms with Crippen molar-refractivity contribution in [3.63, 3.8) is 0 Å². The molecule has 0 amide bonds. The first-order valence-electron chi connectivity index (χ1n) is 5.49. The maximum absolute atomic E-state index is 13.5. The summed E-state index contributed by atoms with van der Waals surface area (Å²) in [5.41, 5.74) is 0.346. The number of halogens is 4. The highest BCUT2D eigenvalue weighted by molar-refractivity contribution is 7.98. The zero-order chi connectivity index (χ0) is 15.4. The van der Waals surface area contributed by atoms with E-state index in [0.717, 1.165) is 24.0 Å². The number of thioether (sulfide) groups is 1. The third kappa shape index (κ3) is 3.81. The Morgan fingerprint density at radius 2 is 1.90 bits per heavy atom. The zero-order valence-electron chi connectivity index (χ0n) is 10.2. The Balaban J connectivity index is 2.19. The van der Waals surface area contributed by atoms with Crippen LogP contribution in [0.2, 0.25) is 10.3 Å². The highest BCUT2D eigenvalue weighted by atomic mass is 35.5. The van der Waals surface area contributed by atoms with Crippen molar-refractivity contribution in [1.82, 2.24) is 9.97 Å². The van der Waals surface area contributed by atoms with Gasteiger partial charge in [-0.15, -0.1) is 0 Å². The number of hydrogen-bond donors (Lipinski definition) is 1. The van der Waals surface area contributed by atoms with Gasteiger partial charge in [0.2, 0.25) is 0 Å². The smallest absolute Gasteiger partial charge is 0.190 e. The van der Waals surface area contributed by atoms with Crippen LogP contribution in [0.1, 0.15) is 11.1 Å². The van der Waals surface area contributed by atoms with E-state index in [9.17, 15) is 8.78 Å². The molecule has 0 atom stereocenters. The van der Waals surface area contributed by atoms with Crippen LogP contribution in [0.3, 0.4) is 0 Å². The van der Waals surface area contributed by atoms with Gasteiger partial charge >= 0.3 is 0 Å². The first-order valence-corrected chi connectivity index (χ1v) is 7.23. The van der Waals surface area contributed by atoms with Gasteiger partial charge in [0.05, 0.1) is 11.8 Å². The van der Waals surface area contributed by atoms with Gasteiger partial charge in [0.25, 0.3) is 0 Å². The average Bonchev–Trinajstić information content (AvgIpc) is 2.44. The maximum atomic E-state index is 13.5. The summed E-state index contributed by atoms with van der Waals surface area (Å²) in [7, 11) is 0. The van der Waals surface area contributed by atoms with Crippen molar-refractivity contribution in [2.24, 2.45) is 5.16 Å². The lowest BCUT2D eigenvalue weighted by Gasteiger charge is -2.05. The van der Waals surface area contributed by atoms with Gasteiger partial charge in [-0.25, -0.2) is 18.7 Å². The molecule has 0 aliphatic carbocycles. The third-order valence-corrected chi connectivity index (χ3v) is 3.88. The Labute approximate surface area is 132 Å². The summed E-state index contributed by atoms with van der Waals surface area (Å²) in [4.78, 5) is 7.87. The van der Waals surface area contributed by atoms with Crippen LogP contribution in [0.4, 0.5) is 8.78 Å². The first kappa shape index (κ1) is 15.9. The van der Waals surface area contributed by atoms with Gasteiger partial charge in [0, 0.05) is 11.3 Å². The number of benzene rings is 1. The summed E-state index contributed by atoms with van der Waals surface area (Å²) in [5.74, 6) is -1.71. The van der Waals surface area contributed by atoms with E-state index in [-0.39, 0.29) is 32.3 Å². The monoisotopic (exact) mass is 349 g/mol. The molecule has 1 heterocycles. The van der Waals surface area contributed by atoms with Gasteiger partial charge < -0.3 is 5.21 Å². The molecule has 1 N–H and O–H groups in total. The van der Waals surface area contributed by atoms with E-state index in [0.29, 0.717) is 0 Å². The van der Waals surface area contributed by atoms with Crippen molar-refractivity contribution in [1.29, 1.82) is 0 Å². The van der Waals surface area contributed by atoms with Crippen molar-refractivity contribution < 1.29 is 14.0 Å². The zero-order valence-corrected chi connectivity index (χ0v) is 12.6. The largest absolute Gasteiger partial charge is 0.411 e. The minimum Gasteiger partial charge on any atom is -0.411 e. The van der Waals surface area contributed by atoms with Crippen molar-refractivity contribution in [3.8, 4) is 0 Å². The molecule has 0 aliphatic heterocycles. The first-order chi connectivity index (χ1) is 10.0. The molecular formula is C12H7Cl2F2N3OS. The van der Waals surface area contributed by atoms with Crippen LogP contribution in [0.15, 0.2) is 28.5 Å². The molecule has 9 heteroatoms. The fourth-order valence-corrected chi connectivity index (χ4v) is 2.83. The summed E-state index contributed by atoms with van der Waals surface area (Å²) in [6.45, 7) is 0. The number of rotatable bonds is 4. The SMILES string of the molecule is O/N=C/c1c(Cl)nc(SCc2cccc(F)c2F)nc1Cl. The van der Waals surface area contributed by atoms with Crippen LogP contribution in [0.5, 0.6) is 0 Å². The standard InChI is InChI=1S/C12H7Cl2F2N3OS/c13-10-7(4-17-20)11(14)19-12(18-10)21-5-6-2-1-3-8(15)9(6)16/h1-4,20H,5H2/b17-4+. The normalized spacial score (nSPS) is 11.2. The van der Waals surface area contributed by atoms with E-state index in [1.54, 1.807) is 0 Å². The lowest BCUT2D eigenvalue weighted by Crippen LogP contribution is -1.97. The summed E-state index contributed by atoms with van der Waals surface area (Å²) in [6.07, 6.45) is 1.01. The van der Waals surface area contributed by atoms with Gasteiger partial charge in [-0.2, -0.15) is 0 Å². The molecule has 1 aromatic carbocycles. The maximum Gasteiger partial charge on any atom is 0.190 e. The molecule has 0 saturated carbocycles. The molecule has 21 heavy (non-hydrogen) atoms. The van der Waals surface area contributed by atoms with Crippen molar-refractivity contribution in [2.45, 2.75) is 10.9 Å². The van der Waals surface area contributed by atoms with E-state index in [2.05, 4.69) is 15.1 Å². The van der Waals surface area contributed by atoms with Crippen LogP contribution in [0.25, 0.3) is 0 Å². The minimum atomic E-state index is -0.917. The fourth-order valence-electron chi connectivity index (χ4n) is 1.43. The molecule has 1 aromatic heterocycles. The number of nitrogens with zero attached hydrogens (tertiary/aromatic N) is 3. The lowest BCUT2D eigenvalue weighted by atomic mass is 10.2. The van der Waals surface area contributed by atoms with Crippen LogP contribution < -0.4 is 0 Å². The van der Waals surface area contributed by atoms with E-state index in [1.807, 2.05) is 0 Å². The molecule has 2 rings (SSSR count). The van der Waals surface area contributed by atoms with Crippen LogP contribution in [-0.4, -0.2) is 21.4 Å². The number of hydrogen-bond acceptors (Lipinski definition) is 5. The highest BCUT2D eigenvalue weighted by Crippen LogP contribution is 2.27. The highest BCUT2D eigenvalue weighted by Gasteiger charge is 2.13. The summed E-state index contributed by atoms with van der Waals surface area (Å²) in [5, 5.41) is 11.4. The minimum absolute atomic E-state index is 0.00462. The molecule has 2 aromatic rings. The number of oxime groups is 1. The van der Waals surface area contributed by atoms with Gasteiger partial charge in [0.15, 0.2) is 16.8 Å². The van der Waals surface area contributed by atoms with Crippen LogP contribution in [0, 0.1) is 11.6 Å². The Bertz CT molecular complexity index is 677. The van der Waals surface area contributed by atoms with E-state index < -0.39 is 11.6 Å². The lowest BCUT2D eigenvalue weighted by molar-refractivity contribution is 0.322. The van der Waals surface area contributed by atoms with E-state index in [1.165, 1.54) is 12.1 Å². The molecule has 0 spiro atoms. The summed E-state index contributed by atoms with van der Waals surface area (Å²) in [6, 6.07) is 3.91. The molecule has 0 aliphatic rings. The molecule has 110 valence electrons. The van der Waals surface area contributed by atoms with Crippen molar-refractivity contribution in [3.05, 3.63) is 51.3 Å². The second kappa shape index (κ2) is 7.02. The predicted molar refractivity (Wildman–Crippen MR) is 77.4 cm³/mol. The van der Waals surface area contributed by atoms with Gasteiger partial charge in [-0.05, 0) is 6.07 Å². The van der Waals surface area contributed by atoms with Gasteiger partial charge in [-0.1, -0.05) is 52.3 Å². The molecule has 0 bridgehead atoms. The van der Waals surface area contributed by atoms with Gasteiger partial charge in [-0.3, -0.25) is 0 Å². The van der Waals surface area contributed by atoms with E-state index in [4.69, 9.17) is 28.4 Å². The number of aromatic nitrogens is 2. The topological polar surface area (TPSA) is 58.4 Å². The fraction of sp³-hybridized carbons (Fsp3) is 0.0833. The second-order valence-corrected chi connectivity index (χ2v) is 5.41. The average molecular weight is 350 g/mol. The summed E-state index contributed by atoms with van der Waals surface area (Å²) < 4.78 is 26.6. The molecule has 0 unspecified atom stereocenters. The Kier molecular flexibility index (Phi) is 5.33. The molecule has 0 radical (unpaired) electrons. The third-order valence-electron chi connectivity index (χ3n) is 2.41. The summed E-state index contributed by atoms with van der Waals surface area (Å²) >= 11 is 12.8. The van der Waals surface area contributed by atoms with Gasteiger partial charge in [0.1, 0.15) is 10.3 Å². The van der Waals surface area contributed by atoms with Crippen LogP contribution in [-0.2, 0) is 5.75 Å². The molecule has 0 fully saturated rings. The van der Waals surface area contributed by atoms with Crippen molar-refractivity contribution in [2.75, 3.05) is 0 Å².